The zero-order valence-electron chi connectivity index (χ0n) is 15.8. The summed E-state index contributed by atoms with van der Waals surface area (Å²) in [5.74, 6) is 4.10. The van der Waals surface area contributed by atoms with Crippen LogP contribution in [0.3, 0.4) is 0 Å². The summed E-state index contributed by atoms with van der Waals surface area (Å²) < 4.78 is 0. The lowest BCUT2D eigenvalue weighted by Gasteiger charge is -2.06. The molecule has 0 spiro atoms. The van der Waals surface area contributed by atoms with E-state index >= 15 is 0 Å². The second-order valence-corrected chi connectivity index (χ2v) is 6.73. The number of hydrogen-bond donors (Lipinski definition) is 2. The normalized spacial score (nSPS) is 10.3. The van der Waals surface area contributed by atoms with Crippen LogP contribution in [-0.2, 0) is 0 Å². The van der Waals surface area contributed by atoms with Crippen molar-refractivity contribution in [1.82, 2.24) is 0 Å². The van der Waals surface area contributed by atoms with Crippen LogP contribution in [0.25, 0.3) is 21.9 Å². The molecule has 0 aromatic heterocycles. The Bertz CT molecular complexity index is 1340. The summed E-state index contributed by atoms with van der Waals surface area (Å²) in [6.07, 6.45) is 0. The van der Waals surface area contributed by atoms with Gasteiger partial charge >= 0.3 is 11.9 Å². The van der Waals surface area contributed by atoms with Gasteiger partial charge in [0.05, 0.1) is 11.1 Å². The van der Waals surface area contributed by atoms with Crippen LogP contribution in [-0.4, -0.2) is 22.2 Å². The number of hydrogen-bond acceptors (Lipinski definition) is 2. The average Bonchev–Trinajstić information content (AvgIpc) is 2.77. The quantitative estimate of drug-likeness (QED) is 0.464. The van der Waals surface area contributed by atoms with E-state index in [-0.39, 0.29) is 11.1 Å². The van der Waals surface area contributed by atoms with Gasteiger partial charge in [-0.25, -0.2) is 9.59 Å². The monoisotopic (exact) mass is 392 g/mol. The highest BCUT2D eigenvalue weighted by Gasteiger charge is 2.11. The van der Waals surface area contributed by atoms with Crippen molar-refractivity contribution in [3.8, 4) is 23.0 Å². The van der Waals surface area contributed by atoms with Crippen LogP contribution in [0.2, 0.25) is 0 Å². The van der Waals surface area contributed by atoms with Crippen LogP contribution in [0.5, 0.6) is 0 Å². The highest BCUT2D eigenvalue weighted by molar-refractivity contribution is 6.00. The van der Waals surface area contributed by atoms with Crippen LogP contribution < -0.4 is 0 Å². The molecule has 0 fully saturated rings. The van der Waals surface area contributed by atoms with Crippen LogP contribution in [0.4, 0.5) is 0 Å². The van der Waals surface area contributed by atoms with E-state index in [2.05, 4.69) is 11.8 Å². The predicted octanol–water partition coefficient (Wildman–Crippen LogP) is 5.30. The van der Waals surface area contributed by atoms with Gasteiger partial charge in [-0.2, -0.15) is 0 Å². The van der Waals surface area contributed by atoms with E-state index in [1.807, 2.05) is 54.6 Å². The summed E-state index contributed by atoms with van der Waals surface area (Å²) in [7, 11) is 0. The lowest BCUT2D eigenvalue weighted by Crippen LogP contribution is -1.99. The molecule has 4 heteroatoms. The predicted molar refractivity (Wildman–Crippen MR) is 116 cm³/mol. The highest BCUT2D eigenvalue weighted by Crippen LogP contribution is 2.25. The molecule has 4 aromatic rings. The van der Waals surface area contributed by atoms with Crippen LogP contribution in [0.1, 0.15) is 31.8 Å². The summed E-state index contributed by atoms with van der Waals surface area (Å²) in [4.78, 5) is 22.9. The molecule has 4 nitrogen and oxygen atoms in total. The van der Waals surface area contributed by atoms with Crippen LogP contribution >= 0.6 is 0 Å². The van der Waals surface area contributed by atoms with Crippen LogP contribution in [0, 0.1) is 11.8 Å². The van der Waals surface area contributed by atoms with Crippen molar-refractivity contribution in [2.24, 2.45) is 0 Å². The molecule has 0 aliphatic heterocycles. The molecule has 0 radical (unpaired) electrons. The van der Waals surface area contributed by atoms with Gasteiger partial charge in [0.25, 0.3) is 0 Å². The standard InChI is InChI=1S/C26H16O4/c27-25(28)21-13-12-20-15-22(26(29)30)14-19(24(20)16-21)11-10-18-8-4-5-9-23(18)17-6-2-1-3-7-17/h1-9,12-16H,(H,27,28)(H,29,30). The van der Waals surface area contributed by atoms with Gasteiger partial charge in [0, 0.05) is 11.1 Å². The van der Waals surface area contributed by atoms with E-state index in [1.54, 1.807) is 6.07 Å². The summed E-state index contributed by atoms with van der Waals surface area (Å²) in [6.45, 7) is 0. The molecule has 2 N–H and O–H groups in total. The van der Waals surface area contributed by atoms with Crippen molar-refractivity contribution in [2.75, 3.05) is 0 Å². The number of rotatable bonds is 3. The third kappa shape index (κ3) is 3.78. The summed E-state index contributed by atoms with van der Waals surface area (Å²) in [6, 6.07) is 25.2. The second-order valence-electron chi connectivity index (χ2n) is 6.73. The molecule has 0 atom stereocenters. The third-order valence-corrected chi connectivity index (χ3v) is 4.79. The van der Waals surface area contributed by atoms with E-state index in [0.29, 0.717) is 16.3 Å². The Balaban J connectivity index is 1.90. The van der Waals surface area contributed by atoms with Gasteiger partial charge in [-0.3, -0.25) is 0 Å². The van der Waals surface area contributed by atoms with Gasteiger partial charge in [-0.15, -0.1) is 0 Å². The molecule has 0 bridgehead atoms. The van der Waals surface area contributed by atoms with Crippen molar-refractivity contribution in [3.05, 3.63) is 107 Å². The maximum atomic E-state index is 11.5. The molecule has 0 aliphatic rings. The minimum Gasteiger partial charge on any atom is -0.478 e. The molecule has 30 heavy (non-hydrogen) atoms. The number of carbonyl (C=O) groups is 2. The van der Waals surface area contributed by atoms with Crippen molar-refractivity contribution in [2.45, 2.75) is 0 Å². The first-order chi connectivity index (χ1) is 14.5. The maximum absolute atomic E-state index is 11.5. The largest absolute Gasteiger partial charge is 0.478 e. The maximum Gasteiger partial charge on any atom is 0.335 e. The lowest BCUT2D eigenvalue weighted by atomic mass is 9.97. The highest BCUT2D eigenvalue weighted by atomic mass is 16.4. The molecular formula is C26H16O4. The Hall–Kier alpha value is -4.36. The zero-order valence-corrected chi connectivity index (χ0v) is 15.8. The summed E-state index contributed by atoms with van der Waals surface area (Å²) >= 11 is 0. The minimum absolute atomic E-state index is 0.103. The van der Waals surface area contributed by atoms with Gasteiger partial charge < -0.3 is 10.2 Å². The van der Waals surface area contributed by atoms with E-state index in [1.165, 1.54) is 24.3 Å². The number of fused-ring (bicyclic) bond motifs is 1. The first-order valence-corrected chi connectivity index (χ1v) is 9.24. The molecule has 0 unspecified atom stereocenters. The van der Waals surface area contributed by atoms with Crippen LogP contribution in [0.15, 0.2) is 84.9 Å². The average molecular weight is 392 g/mol. The Morgan fingerprint density at radius 2 is 1.30 bits per heavy atom. The molecule has 0 heterocycles. The van der Waals surface area contributed by atoms with Gasteiger partial charge in [0.15, 0.2) is 0 Å². The van der Waals surface area contributed by atoms with Crippen molar-refractivity contribution >= 4 is 22.7 Å². The summed E-state index contributed by atoms with van der Waals surface area (Å²) in [5, 5.41) is 20.0. The topological polar surface area (TPSA) is 74.6 Å². The number of benzene rings is 4. The zero-order chi connectivity index (χ0) is 21.1. The van der Waals surface area contributed by atoms with E-state index < -0.39 is 11.9 Å². The number of aromatic carboxylic acids is 2. The van der Waals surface area contributed by atoms with Crippen molar-refractivity contribution in [3.63, 3.8) is 0 Å². The Morgan fingerprint density at radius 3 is 2.03 bits per heavy atom. The van der Waals surface area contributed by atoms with Gasteiger partial charge in [0.2, 0.25) is 0 Å². The van der Waals surface area contributed by atoms with Gasteiger partial charge in [-0.1, -0.05) is 66.4 Å². The fourth-order valence-electron chi connectivity index (χ4n) is 3.31. The smallest absolute Gasteiger partial charge is 0.335 e. The second kappa shape index (κ2) is 7.94. The SMILES string of the molecule is O=C(O)c1cc(C#Cc2ccccc2-c2ccccc2)c2cc(C(=O)O)ccc2c1. The van der Waals surface area contributed by atoms with E-state index in [9.17, 15) is 19.8 Å². The molecule has 4 aromatic carbocycles. The molecule has 0 aliphatic carbocycles. The first kappa shape index (κ1) is 19.0. The van der Waals surface area contributed by atoms with E-state index in [0.717, 1.165) is 16.7 Å². The van der Waals surface area contributed by atoms with E-state index in [4.69, 9.17) is 0 Å². The van der Waals surface area contributed by atoms with Crippen molar-refractivity contribution in [1.29, 1.82) is 0 Å². The molecule has 144 valence electrons. The fraction of sp³-hybridized carbons (Fsp3) is 0. The lowest BCUT2D eigenvalue weighted by molar-refractivity contribution is 0.0686. The molecule has 0 saturated carbocycles. The minimum atomic E-state index is -1.06. The Labute approximate surface area is 173 Å². The number of carboxylic acid groups (broad SMARTS) is 2. The Kier molecular flexibility index (Phi) is 5.02. The van der Waals surface area contributed by atoms with Gasteiger partial charge in [-0.05, 0) is 52.2 Å². The molecule has 0 amide bonds. The molecule has 0 saturated heterocycles. The molecule has 4 rings (SSSR count). The summed E-state index contributed by atoms with van der Waals surface area (Å²) in [5.41, 5.74) is 3.49. The Morgan fingerprint density at radius 1 is 0.633 bits per heavy atom. The van der Waals surface area contributed by atoms with Gasteiger partial charge in [0.1, 0.15) is 0 Å². The number of carboxylic acids is 2. The molecular weight excluding hydrogens is 376 g/mol. The third-order valence-electron chi connectivity index (χ3n) is 4.79. The van der Waals surface area contributed by atoms with Crippen molar-refractivity contribution < 1.29 is 19.8 Å². The first-order valence-electron chi connectivity index (χ1n) is 9.24. The fourth-order valence-corrected chi connectivity index (χ4v) is 3.31.